The van der Waals surface area contributed by atoms with Crippen LogP contribution in [-0.2, 0) is 4.74 Å². The molecule has 0 N–H and O–H groups in total. The van der Waals surface area contributed by atoms with Crippen molar-refractivity contribution >= 4 is 0 Å². The zero-order chi connectivity index (χ0) is 15.2. The fourth-order valence-electron chi connectivity index (χ4n) is 2.70. The lowest BCUT2D eigenvalue weighted by Gasteiger charge is -2.18. The van der Waals surface area contributed by atoms with E-state index in [1.165, 1.54) is 63.4 Å². The van der Waals surface area contributed by atoms with Gasteiger partial charge in [0.25, 0.3) is 0 Å². The lowest BCUT2D eigenvalue weighted by Crippen LogP contribution is -2.06. The smallest absolute Gasteiger partial charge is 0.0824 e. The first-order valence-electron chi connectivity index (χ1n) is 9.05. The molecule has 0 aliphatic rings. The molecule has 1 unspecified atom stereocenters. The molecular weight excluding hydrogens is 256 g/mol. The summed E-state index contributed by atoms with van der Waals surface area (Å²) in [7, 11) is 0. The highest BCUT2D eigenvalue weighted by Gasteiger charge is 2.10. The van der Waals surface area contributed by atoms with Crippen LogP contribution in [0.1, 0.15) is 89.7 Å². The van der Waals surface area contributed by atoms with E-state index in [0.29, 0.717) is 6.10 Å². The monoisotopic (exact) mass is 290 g/mol. The summed E-state index contributed by atoms with van der Waals surface area (Å²) in [5.41, 5.74) is 1.35. The van der Waals surface area contributed by atoms with Crippen LogP contribution in [0.5, 0.6) is 0 Å². The van der Waals surface area contributed by atoms with Crippen LogP contribution in [0.2, 0.25) is 0 Å². The number of rotatable bonds is 13. The molecule has 21 heavy (non-hydrogen) atoms. The first kappa shape index (κ1) is 18.2. The van der Waals surface area contributed by atoms with Gasteiger partial charge in [0.15, 0.2) is 0 Å². The summed E-state index contributed by atoms with van der Waals surface area (Å²) >= 11 is 0. The van der Waals surface area contributed by atoms with Crippen LogP contribution in [0.4, 0.5) is 0 Å². The van der Waals surface area contributed by atoms with Crippen molar-refractivity contribution in [3.8, 4) is 0 Å². The lowest BCUT2D eigenvalue weighted by atomic mass is 10.0. The number of hydrogen-bond acceptors (Lipinski definition) is 1. The van der Waals surface area contributed by atoms with Crippen LogP contribution in [0.25, 0.3) is 0 Å². The lowest BCUT2D eigenvalue weighted by molar-refractivity contribution is 0.0422. The first-order chi connectivity index (χ1) is 10.4. The first-order valence-corrected chi connectivity index (χ1v) is 9.05. The molecule has 0 amide bonds. The van der Waals surface area contributed by atoms with Gasteiger partial charge in [-0.2, -0.15) is 0 Å². The Kier molecular flexibility index (Phi) is 11.2. The molecular formula is C20H34O. The van der Waals surface area contributed by atoms with Gasteiger partial charge in [0.2, 0.25) is 0 Å². The molecule has 1 aromatic rings. The number of hydrogen-bond donors (Lipinski definition) is 0. The van der Waals surface area contributed by atoms with Crippen LogP contribution in [-0.4, -0.2) is 6.61 Å². The summed E-state index contributed by atoms with van der Waals surface area (Å²) in [5.74, 6) is 0. The minimum atomic E-state index is 0.299. The Bertz CT molecular complexity index is 320. The molecule has 0 aliphatic heterocycles. The SMILES string of the molecule is CCCCCCCCOC(CCCCC)c1ccccc1. The maximum absolute atomic E-state index is 6.18. The fraction of sp³-hybridized carbons (Fsp3) is 0.700. The van der Waals surface area contributed by atoms with Gasteiger partial charge in [-0.05, 0) is 18.4 Å². The van der Waals surface area contributed by atoms with Crippen LogP contribution in [0.3, 0.4) is 0 Å². The predicted molar refractivity (Wildman–Crippen MR) is 92.7 cm³/mol. The van der Waals surface area contributed by atoms with Gasteiger partial charge in [-0.25, -0.2) is 0 Å². The summed E-state index contributed by atoms with van der Waals surface area (Å²) in [6.07, 6.45) is 13.3. The van der Waals surface area contributed by atoms with Gasteiger partial charge < -0.3 is 4.74 Å². The molecule has 0 aromatic heterocycles. The van der Waals surface area contributed by atoms with Gasteiger partial charge in [0.1, 0.15) is 0 Å². The number of benzene rings is 1. The molecule has 0 heterocycles. The van der Waals surface area contributed by atoms with E-state index in [0.717, 1.165) is 13.0 Å². The zero-order valence-corrected chi connectivity index (χ0v) is 14.2. The molecule has 0 spiro atoms. The summed E-state index contributed by atoms with van der Waals surface area (Å²) < 4.78 is 6.18. The predicted octanol–water partition coefficient (Wildman–Crippen LogP) is 6.69. The second kappa shape index (κ2) is 12.9. The maximum atomic E-state index is 6.18. The van der Waals surface area contributed by atoms with E-state index in [9.17, 15) is 0 Å². The average Bonchev–Trinajstić information content (AvgIpc) is 2.53. The van der Waals surface area contributed by atoms with Gasteiger partial charge in [-0.1, -0.05) is 95.5 Å². The van der Waals surface area contributed by atoms with E-state index < -0.39 is 0 Å². The van der Waals surface area contributed by atoms with Gasteiger partial charge in [0, 0.05) is 6.61 Å². The Morgan fingerprint density at radius 2 is 1.38 bits per heavy atom. The second-order valence-corrected chi connectivity index (χ2v) is 6.03. The topological polar surface area (TPSA) is 9.23 Å². The highest BCUT2D eigenvalue weighted by molar-refractivity contribution is 5.17. The highest BCUT2D eigenvalue weighted by Crippen LogP contribution is 2.24. The van der Waals surface area contributed by atoms with Crippen molar-refractivity contribution in [1.82, 2.24) is 0 Å². The average molecular weight is 290 g/mol. The van der Waals surface area contributed by atoms with E-state index in [1.807, 2.05) is 0 Å². The fourth-order valence-corrected chi connectivity index (χ4v) is 2.70. The Morgan fingerprint density at radius 1 is 0.762 bits per heavy atom. The van der Waals surface area contributed by atoms with Crippen molar-refractivity contribution in [2.75, 3.05) is 6.61 Å². The van der Waals surface area contributed by atoms with Gasteiger partial charge in [0.05, 0.1) is 6.10 Å². The van der Waals surface area contributed by atoms with E-state index in [-0.39, 0.29) is 0 Å². The molecule has 1 aromatic carbocycles. The Labute approximate surface area is 132 Å². The van der Waals surface area contributed by atoms with Crippen molar-refractivity contribution in [2.24, 2.45) is 0 Å². The summed E-state index contributed by atoms with van der Waals surface area (Å²) in [6, 6.07) is 10.7. The Balaban J connectivity index is 2.26. The van der Waals surface area contributed by atoms with Crippen molar-refractivity contribution in [1.29, 1.82) is 0 Å². The quantitative estimate of drug-likeness (QED) is 0.368. The summed E-state index contributed by atoms with van der Waals surface area (Å²) in [5, 5.41) is 0. The molecule has 1 rings (SSSR count). The zero-order valence-electron chi connectivity index (χ0n) is 14.2. The van der Waals surface area contributed by atoms with E-state index >= 15 is 0 Å². The van der Waals surface area contributed by atoms with Crippen LogP contribution >= 0.6 is 0 Å². The Morgan fingerprint density at radius 3 is 2.10 bits per heavy atom. The summed E-state index contributed by atoms with van der Waals surface area (Å²) in [4.78, 5) is 0. The van der Waals surface area contributed by atoms with Crippen molar-refractivity contribution in [3.05, 3.63) is 35.9 Å². The maximum Gasteiger partial charge on any atom is 0.0824 e. The molecule has 0 bridgehead atoms. The van der Waals surface area contributed by atoms with Gasteiger partial charge in [-0.3, -0.25) is 0 Å². The number of unbranched alkanes of at least 4 members (excludes halogenated alkanes) is 7. The van der Waals surface area contributed by atoms with Crippen molar-refractivity contribution in [2.45, 2.75) is 84.2 Å². The van der Waals surface area contributed by atoms with Crippen molar-refractivity contribution < 1.29 is 4.74 Å². The van der Waals surface area contributed by atoms with Crippen LogP contribution in [0.15, 0.2) is 30.3 Å². The molecule has 0 saturated heterocycles. The number of ether oxygens (including phenoxy) is 1. The molecule has 0 saturated carbocycles. The van der Waals surface area contributed by atoms with Gasteiger partial charge in [-0.15, -0.1) is 0 Å². The minimum absolute atomic E-state index is 0.299. The highest BCUT2D eigenvalue weighted by atomic mass is 16.5. The van der Waals surface area contributed by atoms with Crippen molar-refractivity contribution in [3.63, 3.8) is 0 Å². The molecule has 120 valence electrons. The molecule has 1 atom stereocenters. The third-order valence-electron chi connectivity index (χ3n) is 4.06. The molecule has 1 heteroatoms. The normalized spacial score (nSPS) is 12.5. The minimum Gasteiger partial charge on any atom is -0.374 e. The van der Waals surface area contributed by atoms with E-state index in [2.05, 4.69) is 44.2 Å². The second-order valence-electron chi connectivity index (χ2n) is 6.03. The third-order valence-corrected chi connectivity index (χ3v) is 4.06. The van der Waals surface area contributed by atoms with Crippen LogP contribution in [0, 0.1) is 0 Å². The van der Waals surface area contributed by atoms with Gasteiger partial charge >= 0.3 is 0 Å². The van der Waals surface area contributed by atoms with Crippen LogP contribution < -0.4 is 0 Å². The largest absolute Gasteiger partial charge is 0.374 e. The molecule has 0 radical (unpaired) electrons. The molecule has 0 fully saturated rings. The standard InChI is InChI=1S/C20H34O/c1-3-5-7-8-9-14-18-21-20(17-11-6-4-2)19-15-12-10-13-16-19/h10,12-13,15-16,20H,3-9,11,14,17-18H2,1-2H3. The molecule has 1 nitrogen and oxygen atoms in total. The summed E-state index contributed by atoms with van der Waals surface area (Å²) in [6.45, 7) is 5.44. The third kappa shape index (κ3) is 8.93. The van der Waals surface area contributed by atoms with E-state index in [4.69, 9.17) is 4.74 Å². The Hall–Kier alpha value is -0.820. The molecule has 0 aliphatic carbocycles. The van der Waals surface area contributed by atoms with E-state index in [1.54, 1.807) is 0 Å².